The Balaban J connectivity index is 2.41. The van der Waals surface area contributed by atoms with E-state index in [1.165, 1.54) is 9.80 Å². The molecule has 2 amide bonds. The van der Waals surface area contributed by atoms with Crippen molar-refractivity contribution in [3.05, 3.63) is 29.8 Å². The average molecular weight is 219 g/mol. The molecule has 0 saturated carbocycles. The number of benzene rings is 1. The number of urea groups is 1. The van der Waals surface area contributed by atoms with Gasteiger partial charge in [-0.05, 0) is 11.6 Å². The molecule has 5 nitrogen and oxygen atoms in total. The van der Waals surface area contributed by atoms with Crippen molar-refractivity contribution in [2.24, 2.45) is 0 Å². The topological polar surface area (TPSA) is 63.7 Å². The molecule has 0 fully saturated rings. The van der Waals surface area contributed by atoms with E-state index in [-0.39, 0.29) is 6.03 Å². The first-order valence-corrected chi connectivity index (χ1v) is 4.90. The molecule has 0 unspecified atom stereocenters. The summed E-state index contributed by atoms with van der Waals surface area (Å²) in [6.07, 6.45) is 0. The predicted molar refractivity (Wildman–Crippen MR) is 55.7 cm³/mol. The van der Waals surface area contributed by atoms with E-state index < -0.39 is 12.5 Å². The molecule has 0 N–H and O–H groups in total. The molecule has 0 aromatic heterocycles. The molecular formula is C11H11N2O3-. The molecule has 1 heterocycles. The number of hydrogen-bond donors (Lipinski definition) is 0. The second-order valence-electron chi connectivity index (χ2n) is 3.73. The summed E-state index contributed by atoms with van der Waals surface area (Å²) in [6.45, 7) is 0.0821. The van der Waals surface area contributed by atoms with E-state index in [1.807, 2.05) is 12.1 Å². The average Bonchev–Trinajstić information content (AvgIpc) is 2.24. The number of fused-ring (bicyclic) bond motifs is 1. The van der Waals surface area contributed by atoms with Gasteiger partial charge < -0.3 is 14.8 Å². The van der Waals surface area contributed by atoms with Gasteiger partial charge in [-0.1, -0.05) is 18.2 Å². The Kier molecular flexibility index (Phi) is 2.52. The highest BCUT2D eigenvalue weighted by Gasteiger charge is 2.27. The van der Waals surface area contributed by atoms with Crippen molar-refractivity contribution in [1.29, 1.82) is 0 Å². The lowest BCUT2D eigenvalue weighted by Crippen LogP contribution is -2.49. The largest absolute Gasteiger partial charge is 0.548 e. The third-order valence-corrected chi connectivity index (χ3v) is 2.53. The number of carboxylic acid groups (broad SMARTS) is 1. The summed E-state index contributed by atoms with van der Waals surface area (Å²) in [4.78, 5) is 25.1. The van der Waals surface area contributed by atoms with Crippen LogP contribution in [0.5, 0.6) is 0 Å². The van der Waals surface area contributed by atoms with E-state index in [4.69, 9.17) is 0 Å². The molecule has 1 aliphatic heterocycles. The van der Waals surface area contributed by atoms with Crippen molar-refractivity contribution < 1.29 is 14.7 Å². The molecule has 1 aliphatic rings. The van der Waals surface area contributed by atoms with Crippen LogP contribution < -0.4 is 10.0 Å². The Morgan fingerprint density at radius 3 is 2.81 bits per heavy atom. The number of hydrogen-bond acceptors (Lipinski definition) is 3. The maximum absolute atomic E-state index is 11.8. The second-order valence-corrected chi connectivity index (χ2v) is 3.73. The van der Waals surface area contributed by atoms with Gasteiger partial charge in [-0.2, -0.15) is 0 Å². The van der Waals surface area contributed by atoms with Crippen molar-refractivity contribution in [1.82, 2.24) is 4.90 Å². The number of para-hydroxylation sites is 1. The molecule has 84 valence electrons. The minimum absolute atomic E-state index is 0.317. The third-order valence-electron chi connectivity index (χ3n) is 2.53. The number of carbonyl (C=O) groups excluding carboxylic acids is 2. The predicted octanol–water partition coefficient (Wildman–Crippen LogP) is -0.192. The molecule has 0 radical (unpaired) electrons. The van der Waals surface area contributed by atoms with Gasteiger partial charge in [0.15, 0.2) is 0 Å². The van der Waals surface area contributed by atoms with Crippen molar-refractivity contribution in [3.63, 3.8) is 0 Å². The minimum atomic E-state index is -1.27. The molecule has 1 aromatic carbocycles. The number of carbonyl (C=O) groups is 2. The molecule has 5 heteroatoms. The Hall–Kier alpha value is -2.04. The summed E-state index contributed by atoms with van der Waals surface area (Å²) in [6, 6.07) is 6.94. The first-order valence-electron chi connectivity index (χ1n) is 4.90. The highest BCUT2D eigenvalue weighted by Crippen LogP contribution is 2.26. The quantitative estimate of drug-likeness (QED) is 0.692. The number of rotatable bonds is 2. The van der Waals surface area contributed by atoms with Crippen LogP contribution >= 0.6 is 0 Å². The van der Waals surface area contributed by atoms with Gasteiger partial charge in [-0.3, -0.25) is 4.90 Å². The fourth-order valence-corrected chi connectivity index (χ4v) is 1.82. The fraction of sp³-hybridized carbons (Fsp3) is 0.273. The van der Waals surface area contributed by atoms with Gasteiger partial charge in [0.2, 0.25) is 0 Å². The van der Waals surface area contributed by atoms with Crippen molar-refractivity contribution >= 4 is 17.7 Å². The number of anilines is 1. The standard InChI is InChI=1S/C11H12N2O3/c1-12-6-8-4-2-3-5-9(8)13(11(12)16)7-10(14)15/h2-5H,6-7H2,1H3,(H,14,15)/p-1. The van der Waals surface area contributed by atoms with E-state index >= 15 is 0 Å². The molecule has 1 aromatic rings. The van der Waals surface area contributed by atoms with Gasteiger partial charge in [0, 0.05) is 13.6 Å². The lowest BCUT2D eigenvalue weighted by atomic mass is 10.1. The van der Waals surface area contributed by atoms with Gasteiger partial charge in [-0.25, -0.2) is 4.79 Å². The molecule has 0 atom stereocenters. The van der Waals surface area contributed by atoms with Crippen LogP contribution in [0.2, 0.25) is 0 Å². The van der Waals surface area contributed by atoms with Crippen LogP contribution in [-0.4, -0.2) is 30.5 Å². The lowest BCUT2D eigenvalue weighted by molar-refractivity contribution is -0.303. The highest BCUT2D eigenvalue weighted by atomic mass is 16.4. The van der Waals surface area contributed by atoms with Crippen LogP contribution in [0, 0.1) is 0 Å². The van der Waals surface area contributed by atoms with E-state index in [0.717, 1.165) is 5.56 Å². The van der Waals surface area contributed by atoms with E-state index in [1.54, 1.807) is 19.2 Å². The minimum Gasteiger partial charge on any atom is -0.548 e. The van der Waals surface area contributed by atoms with E-state index in [0.29, 0.717) is 12.2 Å². The molecule has 0 bridgehead atoms. The number of amides is 2. The van der Waals surface area contributed by atoms with Gasteiger partial charge in [0.05, 0.1) is 18.2 Å². The van der Waals surface area contributed by atoms with Gasteiger partial charge in [0.1, 0.15) is 0 Å². The summed E-state index contributed by atoms with van der Waals surface area (Å²) in [5, 5.41) is 10.6. The van der Waals surface area contributed by atoms with Crippen molar-refractivity contribution in [3.8, 4) is 0 Å². The maximum atomic E-state index is 11.8. The van der Waals surface area contributed by atoms with Crippen LogP contribution in [0.3, 0.4) is 0 Å². The zero-order valence-corrected chi connectivity index (χ0v) is 8.84. The molecule has 0 saturated heterocycles. The van der Waals surface area contributed by atoms with Gasteiger partial charge in [-0.15, -0.1) is 0 Å². The first kappa shape index (κ1) is 10.5. The second kappa shape index (κ2) is 3.84. The van der Waals surface area contributed by atoms with Gasteiger partial charge >= 0.3 is 6.03 Å². The Morgan fingerprint density at radius 1 is 1.44 bits per heavy atom. The molecule has 2 rings (SSSR count). The van der Waals surface area contributed by atoms with Crippen LogP contribution in [0.15, 0.2) is 24.3 Å². The zero-order chi connectivity index (χ0) is 11.7. The summed E-state index contributed by atoms with van der Waals surface area (Å²) in [5.74, 6) is -1.27. The molecule has 0 aliphatic carbocycles. The van der Waals surface area contributed by atoms with Crippen LogP contribution in [0.1, 0.15) is 5.56 Å². The van der Waals surface area contributed by atoms with Crippen LogP contribution in [-0.2, 0) is 11.3 Å². The normalized spacial score (nSPS) is 14.9. The lowest BCUT2D eigenvalue weighted by Gasteiger charge is -2.35. The third kappa shape index (κ3) is 1.71. The van der Waals surface area contributed by atoms with Crippen LogP contribution in [0.25, 0.3) is 0 Å². The SMILES string of the molecule is CN1Cc2ccccc2N(CC(=O)[O-])C1=O. The molecule has 0 spiro atoms. The molecule has 16 heavy (non-hydrogen) atoms. The van der Waals surface area contributed by atoms with E-state index in [2.05, 4.69) is 0 Å². The summed E-state index contributed by atoms with van der Waals surface area (Å²) in [5.41, 5.74) is 1.58. The van der Waals surface area contributed by atoms with Gasteiger partial charge in [0.25, 0.3) is 0 Å². The summed E-state index contributed by atoms with van der Waals surface area (Å²) < 4.78 is 0. The fourth-order valence-electron chi connectivity index (χ4n) is 1.82. The Labute approximate surface area is 92.9 Å². The number of nitrogens with zero attached hydrogens (tertiary/aromatic N) is 2. The monoisotopic (exact) mass is 219 g/mol. The summed E-state index contributed by atoms with van der Waals surface area (Å²) in [7, 11) is 1.64. The van der Waals surface area contributed by atoms with Crippen molar-refractivity contribution in [2.75, 3.05) is 18.5 Å². The summed E-state index contributed by atoms with van der Waals surface area (Å²) >= 11 is 0. The van der Waals surface area contributed by atoms with E-state index in [9.17, 15) is 14.7 Å². The Morgan fingerprint density at radius 2 is 2.12 bits per heavy atom. The number of carboxylic acids is 1. The smallest absolute Gasteiger partial charge is 0.324 e. The molecular weight excluding hydrogens is 208 g/mol. The Bertz CT molecular complexity index is 445. The van der Waals surface area contributed by atoms with Crippen LogP contribution in [0.4, 0.5) is 10.5 Å². The van der Waals surface area contributed by atoms with Crippen molar-refractivity contribution in [2.45, 2.75) is 6.54 Å². The zero-order valence-electron chi connectivity index (χ0n) is 8.84. The first-order chi connectivity index (χ1) is 7.59. The highest BCUT2D eigenvalue weighted by molar-refractivity contribution is 5.98. The number of aliphatic carboxylic acids is 1. The maximum Gasteiger partial charge on any atom is 0.324 e.